The number of hydrogen-bond acceptors (Lipinski definition) is 26. The predicted molar refractivity (Wildman–Crippen MR) is 462 cm³/mol. The van der Waals surface area contributed by atoms with Gasteiger partial charge in [-0.1, -0.05) is 64.1 Å². The molecule has 0 saturated carbocycles. The van der Waals surface area contributed by atoms with Crippen molar-refractivity contribution in [2.45, 2.75) is 127 Å². The molecular weight excluding hydrogens is 1500 g/mol. The average molecular weight is 1600 g/mol. The number of aromatic hydroxyl groups is 3. The summed E-state index contributed by atoms with van der Waals surface area (Å²) < 4.78 is 18.3. The third kappa shape index (κ3) is 24.8. The van der Waals surface area contributed by atoms with Crippen LogP contribution in [-0.2, 0) is 36.9 Å². The first kappa shape index (κ1) is 88.0. The van der Waals surface area contributed by atoms with Crippen LogP contribution in [0, 0.1) is 47.4 Å². The van der Waals surface area contributed by atoms with E-state index < -0.39 is 5.82 Å². The van der Waals surface area contributed by atoms with Crippen LogP contribution in [0.5, 0.6) is 23.0 Å². The smallest absolute Gasteiger partial charge is 0.317 e. The number of nitrogen functional groups attached to an aromatic ring is 6. The number of nitrogens with zero attached hydrogens (tertiary/aromatic N) is 14. The molecular formula is C87H104FN23O7. The van der Waals surface area contributed by atoms with Crippen molar-refractivity contribution in [3.05, 3.63) is 218 Å². The summed E-state index contributed by atoms with van der Waals surface area (Å²) in [7, 11) is 1.50. The Kier molecular flexibility index (Phi) is 31.2. The maximum absolute atomic E-state index is 13.2. The highest BCUT2D eigenvalue weighted by molar-refractivity contribution is 5.78. The Labute approximate surface area is 685 Å². The zero-order chi connectivity index (χ0) is 85.3. The van der Waals surface area contributed by atoms with E-state index in [1.165, 1.54) is 47.6 Å². The number of aromatic nitrogens is 13. The van der Waals surface area contributed by atoms with Crippen LogP contribution in [0.2, 0.25) is 0 Å². The zero-order valence-electron chi connectivity index (χ0n) is 68.5. The van der Waals surface area contributed by atoms with E-state index in [9.17, 15) is 29.0 Å². The van der Waals surface area contributed by atoms with E-state index in [0.29, 0.717) is 35.1 Å². The highest BCUT2D eigenvalue weighted by atomic mass is 19.1. The fourth-order valence-electron chi connectivity index (χ4n) is 12.7. The second-order valence-electron chi connectivity index (χ2n) is 28.0. The van der Waals surface area contributed by atoms with Crippen LogP contribution in [0.1, 0.15) is 115 Å². The van der Waals surface area contributed by atoms with Gasteiger partial charge < -0.3 is 79.9 Å². The molecule has 2 fully saturated rings. The van der Waals surface area contributed by atoms with Gasteiger partial charge in [-0.05, 0) is 211 Å². The Morgan fingerprint density at radius 3 is 1.38 bits per heavy atom. The molecule has 2 aliphatic heterocycles. The van der Waals surface area contributed by atoms with Gasteiger partial charge >= 0.3 is 6.03 Å². The first-order valence-corrected chi connectivity index (χ1v) is 38.9. The van der Waals surface area contributed by atoms with Gasteiger partial charge in [-0.2, -0.15) is 4.98 Å². The number of amides is 3. The van der Waals surface area contributed by atoms with E-state index in [4.69, 9.17) is 44.2 Å². The van der Waals surface area contributed by atoms with Gasteiger partial charge in [0, 0.05) is 126 Å². The molecule has 31 heteroatoms. The normalized spacial score (nSPS) is 12.0. The summed E-state index contributed by atoms with van der Waals surface area (Å²) in [6.45, 7) is 24.7. The van der Waals surface area contributed by atoms with E-state index in [0.717, 1.165) is 192 Å². The number of rotatable bonds is 20. The summed E-state index contributed by atoms with van der Waals surface area (Å²) in [4.78, 5) is 90.9. The summed E-state index contributed by atoms with van der Waals surface area (Å²) >= 11 is 0. The standard InChI is InChI=1S/C19H25N5O.C18H23N5O.C14H17N3O.C13H15N3O2.C12H12FN3O.C11H12N4O/c1-13-6-3-7-15(14(13)2)16-12-17(23-19(20)22-16)21-9-5-11-24-10-4-8-18(24)25;1-12-5-3-7-15(13(12)2)16-11-14(21-17(19)22-16)6-4-9-23-10-8-20-18(23)24;1-4-11-7-12(17-14(15)16-11)10-5-8(2)13(18)9(3)6-10;1-3-9-7-10(16-13(14)15-9)8-4-5-11(17)12(6-8)18-2;1-2-8-6-10(16-12(14)15-8)7-3-4-11(17)9(13)5-7;1-2-8-5-9(15-11(12)14-8)7-3-4-10(16)13-6-7/h3,6-7,12H,4-5,8-11H2,1-2H3,(H3,20,21,22,23);3,5,7,11H,4,6,8-10H2,1-2H3,(H,20,24)(H2,19,21,22);5-7,18H,4H2,1-3H3,(H2,15,16,17);4-7,17H,3H2,1-2H3,(H2,14,15,16);3-6,17H,2H2,1H3,(H2,14,15,16);3-6H,2H2,1H3,(H,13,16)(H2,12,14,15). The Morgan fingerprint density at radius 1 is 0.466 bits per heavy atom. The fourth-order valence-corrected chi connectivity index (χ4v) is 12.7. The highest BCUT2D eigenvalue weighted by Gasteiger charge is 2.22. The third-order valence-electron chi connectivity index (χ3n) is 19.4. The third-order valence-corrected chi connectivity index (χ3v) is 19.4. The van der Waals surface area contributed by atoms with Crippen molar-refractivity contribution in [2.75, 3.05) is 86.1 Å². The maximum atomic E-state index is 13.2. The molecule has 9 heterocycles. The molecule has 5 aromatic carbocycles. The molecule has 0 radical (unpaired) electrons. The topological polar surface area (TPSA) is 478 Å². The van der Waals surface area contributed by atoms with Crippen LogP contribution in [0.15, 0.2) is 144 Å². The van der Waals surface area contributed by atoms with Gasteiger partial charge in [-0.15, -0.1) is 0 Å². The maximum Gasteiger partial charge on any atom is 0.317 e. The molecule has 0 spiro atoms. The summed E-state index contributed by atoms with van der Waals surface area (Å²) in [6.07, 6.45) is 8.92. The first-order chi connectivity index (χ1) is 56.5. The van der Waals surface area contributed by atoms with Gasteiger partial charge in [0.05, 0.1) is 41.3 Å². The molecule has 118 heavy (non-hydrogen) atoms. The van der Waals surface area contributed by atoms with Crippen molar-refractivity contribution in [1.29, 1.82) is 0 Å². The molecule has 3 amide bonds. The van der Waals surface area contributed by atoms with E-state index in [2.05, 4.69) is 121 Å². The molecule has 616 valence electrons. The number of ether oxygens (including phenoxy) is 1. The number of anilines is 7. The van der Waals surface area contributed by atoms with Crippen LogP contribution in [-0.4, -0.2) is 148 Å². The number of phenols is 3. The van der Waals surface area contributed by atoms with Crippen molar-refractivity contribution in [3.63, 3.8) is 0 Å². The number of halogens is 1. The number of nitrogens with one attached hydrogen (secondary N) is 3. The number of pyridine rings is 1. The van der Waals surface area contributed by atoms with Crippen LogP contribution >= 0.6 is 0 Å². The van der Waals surface area contributed by atoms with Crippen LogP contribution in [0.25, 0.3) is 67.5 Å². The number of aromatic amines is 1. The summed E-state index contributed by atoms with van der Waals surface area (Å²) in [6, 6.07) is 39.8. The lowest BCUT2D eigenvalue weighted by Gasteiger charge is -2.15. The summed E-state index contributed by atoms with van der Waals surface area (Å²) in [5, 5.41) is 34.6. The van der Waals surface area contributed by atoms with E-state index in [1.807, 2.05) is 112 Å². The number of hydrogen-bond donors (Lipinski definition) is 12. The Bertz CT molecular complexity index is 5510. The molecule has 0 bridgehead atoms. The Balaban J connectivity index is 0.000000163. The minimum atomic E-state index is -0.683. The van der Waals surface area contributed by atoms with Crippen LogP contribution in [0.3, 0.4) is 0 Å². The van der Waals surface area contributed by atoms with Crippen molar-refractivity contribution in [2.24, 2.45) is 0 Å². The second-order valence-corrected chi connectivity index (χ2v) is 28.0. The quantitative estimate of drug-likeness (QED) is 0.0315. The number of H-pyrrole nitrogens is 1. The predicted octanol–water partition coefficient (Wildman–Crippen LogP) is 12.8. The molecule has 18 N–H and O–H groups in total. The fraction of sp³-hybridized carbons (Fsp3) is 0.299. The summed E-state index contributed by atoms with van der Waals surface area (Å²) in [5.74, 6) is 2.25. The van der Waals surface area contributed by atoms with Gasteiger partial charge in [-0.3, -0.25) is 9.59 Å². The molecule has 12 aromatic rings. The Hall–Kier alpha value is -14.0. The highest BCUT2D eigenvalue weighted by Crippen LogP contribution is 2.34. The molecule has 14 rings (SSSR count). The minimum Gasteiger partial charge on any atom is -0.507 e. The molecule has 2 saturated heterocycles. The van der Waals surface area contributed by atoms with Gasteiger partial charge in [-0.25, -0.2) is 64.0 Å². The second kappa shape index (κ2) is 41.9. The number of urea groups is 1. The van der Waals surface area contributed by atoms with Crippen molar-refractivity contribution in [1.82, 2.24) is 79.9 Å². The van der Waals surface area contributed by atoms with Gasteiger partial charge in [0.2, 0.25) is 47.2 Å². The Morgan fingerprint density at radius 2 is 0.915 bits per heavy atom. The number of carbonyl (C=O) groups excluding carboxylic acids is 2. The van der Waals surface area contributed by atoms with Crippen LogP contribution in [0.4, 0.5) is 50.7 Å². The molecule has 30 nitrogen and oxygen atoms in total. The largest absolute Gasteiger partial charge is 0.507 e. The van der Waals surface area contributed by atoms with Gasteiger partial charge in [0.25, 0.3) is 0 Å². The number of likely N-dealkylation sites (tertiary alicyclic amines) is 1. The lowest BCUT2D eigenvalue weighted by molar-refractivity contribution is -0.127. The minimum absolute atomic E-state index is 0.0216. The zero-order valence-corrected chi connectivity index (χ0v) is 68.5. The van der Waals surface area contributed by atoms with Crippen molar-refractivity contribution in [3.8, 4) is 90.5 Å². The number of methoxy groups -OCH3 is 1. The van der Waals surface area contributed by atoms with Gasteiger partial charge in [0.15, 0.2) is 23.1 Å². The SMILES string of the molecule is CCc1cc(-c2cc(C)c(O)c(C)c2)nc(N)n1.CCc1cc(-c2ccc(=O)[nH]c2)nc(N)n1.CCc1cc(-c2ccc(O)c(F)c2)nc(N)n1.CCc1cc(-c2ccc(O)c(OC)c2)nc(N)n1.Cc1cccc(-c2cc(CCCN3CCNC3=O)nc(N)n2)c1C.Cc1cccc(-c2cc(NCCCN3CCCC3=O)nc(N)n2)c1C. The monoisotopic (exact) mass is 1600 g/mol. The summed E-state index contributed by atoms with van der Waals surface area (Å²) in [5.41, 5.74) is 54.9. The molecule has 7 aromatic heterocycles. The lowest BCUT2D eigenvalue weighted by atomic mass is 10.00. The van der Waals surface area contributed by atoms with E-state index >= 15 is 0 Å². The molecule has 0 atom stereocenters. The van der Waals surface area contributed by atoms with E-state index in [-0.39, 0.29) is 58.7 Å². The first-order valence-electron chi connectivity index (χ1n) is 38.9. The average Bonchev–Trinajstić information content (AvgIpc) is 0.975. The number of carbonyl (C=O) groups is 2. The van der Waals surface area contributed by atoms with E-state index in [1.54, 1.807) is 42.6 Å². The molecule has 0 aliphatic carbocycles. The van der Waals surface area contributed by atoms with Crippen molar-refractivity contribution >= 4 is 53.4 Å². The molecule has 2 aliphatic rings. The number of nitrogens with two attached hydrogens (primary N) is 6. The van der Waals surface area contributed by atoms with Gasteiger partial charge in [0.1, 0.15) is 11.6 Å². The number of benzene rings is 5. The van der Waals surface area contributed by atoms with Crippen molar-refractivity contribution < 1.29 is 34.0 Å². The van der Waals surface area contributed by atoms with Crippen LogP contribution < -0.4 is 55.3 Å². The lowest BCUT2D eigenvalue weighted by Crippen LogP contribution is -2.29. The molecule has 0 unspecified atom stereocenters. The number of phenolic OH excluding ortho intramolecular Hbond substituents is 3. The number of aryl methyl sites for hydroxylation is 9.